The number of benzene rings is 2. The van der Waals surface area contributed by atoms with E-state index in [1.54, 1.807) is 20.3 Å². The van der Waals surface area contributed by atoms with Gasteiger partial charge >= 0.3 is 0 Å². The summed E-state index contributed by atoms with van der Waals surface area (Å²) in [5.41, 5.74) is 0.954. The molecule has 0 saturated carbocycles. The quantitative estimate of drug-likeness (QED) is 0.694. The van der Waals surface area contributed by atoms with Gasteiger partial charge < -0.3 is 19.5 Å². The molecule has 26 heavy (non-hydrogen) atoms. The van der Waals surface area contributed by atoms with Crippen LogP contribution in [0, 0.1) is 11.6 Å². The minimum absolute atomic E-state index is 0.131. The predicted octanol–water partition coefficient (Wildman–Crippen LogP) is 3.11. The Hall–Kier alpha value is -2.83. The number of aryl methyl sites for hydroxylation is 1. The fourth-order valence-electron chi connectivity index (χ4n) is 2.31. The second-order valence-corrected chi connectivity index (χ2v) is 5.46. The van der Waals surface area contributed by atoms with Gasteiger partial charge in [0.25, 0.3) is 0 Å². The maximum absolute atomic E-state index is 13.0. The minimum Gasteiger partial charge on any atom is -0.493 e. The molecule has 2 aromatic carbocycles. The first kappa shape index (κ1) is 19.5. The van der Waals surface area contributed by atoms with E-state index in [1.807, 2.05) is 12.1 Å². The molecule has 7 heteroatoms. The largest absolute Gasteiger partial charge is 0.493 e. The van der Waals surface area contributed by atoms with Gasteiger partial charge in [0, 0.05) is 12.5 Å². The molecule has 0 heterocycles. The van der Waals surface area contributed by atoms with Gasteiger partial charge in [0.1, 0.15) is 12.4 Å². The molecule has 0 unspecified atom stereocenters. The molecule has 0 aliphatic heterocycles. The summed E-state index contributed by atoms with van der Waals surface area (Å²) in [6.07, 6.45) is 0.858. The van der Waals surface area contributed by atoms with E-state index in [0.717, 1.165) is 17.7 Å². The predicted molar refractivity (Wildman–Crippen MR) is 92.7 cm³/mol. The van der Waals surface area contributed by atoms with E-state index in [1.165, 1.54) is 6.07 Å². The topological polar surface area (TPSA) is 56.8 Å². The molecule has 0 bridgehead atoms. The molecule has 0 radical (unpaired) electrons. The van der Waals surface area contributed by atoms with Crippen LogP contribution >= 0.6 is 0 Å². The fourth-order valence-corrected chi connectivity index (χ4v) is 2.31. The van der Waals surface area contributed by atoms with E-state index >= 15 is 0 Å². The van der Waals surface area contributed by atoms with Crippen molar-refractivity contribution in [2.75, 3.05) is 27.4 Å². The van der Waals surface area contributed by atoms with Gasteiger partial charge in [-0.3, -0.25) is 4.79 Å². The van der Waals surface area contributed by atoms with Crippen molar-refractivity contribution in [2.24, 2.45) is 0 Å². The summed E-state index contributed by atoms with van der Waals surface area (Å²) < 4.78 is 41.5. The van der Waals surface area contributed by atoms with Gasteiger partial charge in [0.05, 0.1) is 20.8 Å². The highest BCUT2D eigenvalue weighted by Gasteiger charge is 2.07. The van der Waals surface area contributed by atoms with E-state index in [4.69, 9.17) is 14.2 Å². The Morgan fingerprint density at radius 2 is 1.77 bits per heavy atom. The van der Waals surface area contributed by atoms with Gasteiger partial charge in [-0.15, -0.1) is 0 Å². The Bertz CT molecular complexity index is 752. The van der Waals surface area contributed by atoms with Gasteiger partial charge in [-0.05, 0) is 36.2 Å². The monoisotopic (exact) mass is 365 g/mol. The average Bonchev–Trinajstić information content (AvgIpc) is 2.66. The SMILES string of the molecule is COc1ccc(CCC(=O)NCCOc2ccc(F)c(F)c2)cc1OC. The third-order valence-corrected chi connectivity index (χ3v) is 3.67. The average molecular weight is 365 g/mol. The van der Waals surface area contributed by atoms with Gasteiger partial charge in [0.15, 0.2) is 23.1 Å². The van der Waals surface area contributed by atoms with Crippen LogP contribution in [0.5, 0.6) is 17.2 Å². The Balaban J connectivity index is 1.71. The molecule has 0 fully saturated rings. The van der Waals surface area contributed by atoms with Crippen LogP contribution in [-0.4, -0.2) is 33.3 Å². The van der Waals surface area contributed by atoms with Crippen LogP contribution in [-0.2, 0) is 11.2 Å². The highest BCUT2D eigenvalue weighted by Crippen LogP contribution is 2.27. The standard InChI is InChI=1S/C19H21F2NO4/c1-24-17-7-3-13(11-18(17)25-2)4-8-19(23)22-9-10-26-14-5-6-15(20)16(21)12-14/h3,5-7,11-12H,4,8-10H2,1-2H3,(H,22,23). The number of carbonyl (C=O) groups excluding carboxylic acids is 1. The number of ether oxygens (including phenoxy) is 3. The number of carbonyl (C=O) groups is 1. The lowest BCUT2D eigenvalue weighted by atomic mass is 10.1. The van der Waals surface area contributed by atoms with Crippen LogP contribution in [0.15, 0.2) is 36.4 Å². The second kappa shape index (κ2) is 9.60. The van der Waals surface area contributed by atoms with Crippen molar-refractivity contribution in [2.45, 2.75) is 12.8 Å². The van der Waals surface area contributed by atoms with Crippen LogP contribution in [0.3, 0.4) is 0 Å². The van der Waals surface area contributed by atoms with Gasteiger partial charge in [0.2, 0.25) is 5.91 Å². The van der Waals surface area contributed by atoms with E-state index in [2.05, 4.69) is 5.32 Å². The zero-order chi connectivity index (χ0) is 18.9. The zero-order valence-electron chi connectivity index (χ0n) is 14.7. The maximum atomic E-state index is 13.0. The van der Waals surface area contributed by atoms with Crippen molar-refractivity contribution < 1.29 is 27.8 Å². The lowest BCUT2D eigenvalue weighted by molar-refractivity contribution is -0.121. The summed E-state index contributed by atoms with van der Waals surface area (Å²) in [5.74, 6) is -0.570. The molecular formula is C19H21F2NO4. The summed E-state index contributed by atoms with van der Waals surface area (Å²) in [6, 6.07) is 8.79. The highest BCUT2D eigenvalue weighted by molar-refractivity contribution is 5.76. The summed E-state index contributed by atoms with van der Waals surface area (Å²) in [5, 5.41) is 2.71. The van der Waals surface area contributed by atoms with E-state index in [-0.39, 0.29) is 24.8 Å². The molecule has 0 aliphatic rings. The molecular weight excluding hydrogens is 344 g/mol. The molecule has 140 valence electrons. The number of nitrogens with one attached hydrogen (secondary N) is 1. The molecule has 5 nitrogen and oxygen atoms in total. The number of halogens is 2. The van der Waals surface area contributed by atoms with Crippen LogP contribution < -0.4 is 19.5 Å². The molecule has 1 N–H and O–H groups in total. The molecule has 2 rings (SSSR count). The summed E-state index contributed by atoms with van der Waals surface area (Å²) in [4.78, 5) is 11.9. The Morgan fingerprint density at radius 1 is 1.00 bits per heavy atom. The van der Waals surface area contributed by atoms with Crippen molar-refractivity contribution in [1.82, 2.24) is 5.32 Å². The molecule has 0 spiro atoms. The number of hydrogen-bond acceptors (Lipinski definition) is 4. The lowest BCUT2D eigenvalue weighted by Crippen LogP contribution is -2.28. The third-order valence-electron chi connectivity index (χ3n) is 3.67. The summed E-state index contributed by atoms with van der Waals surface area (Å²) >= 11 is 0. The van der Waals surface area contributed by atoms with E-state index in [0.29, 0.717) is 24.3 Å². The third kappa shape index (κ3) is 5.61. The summed E-state index contributed by atoms with van der Waals surface area (Å²) in [6.45, 7) is 0.428. The van der Waals surface area contributed by atoms with Crippen LogP contribution in [0.2, 0.25) is 0 Å². The normalized spacial score (nSPS) is 10.3. The molecule has 0 aliphatic carbocycles. The molecule has 2 aromatic rings. The van der Waals surface area contributed by atoms with Crippen molar-refractivity contribution >= 4 is 5.91 Å². The lowest BCUT2D eigenvalue weighted by Gasteiger charge is -2.10. The number of amides is 1. The minimum atomic E-state index is -0.971. The van der Waals surface area contributed by atoms with Crippen molar-refractivity contribution in [3.8, 4) is 17.2 Å². The van der Waals surface area contributed by atoms with Crippen molar-refractivity contribution in [3.63, 3.8) is 0 Å². The number of hydrogen-bond donors (Lipinski definition) is 1. The van der Waals surface area contributed by atoms with Crippen LogP contribution in [0.4, 0.5) is 8.78 Å². The van der Waals surface area contributed by atoms with Gasteiger partial charge in [-0.1, -0.05) is 6.07 Å². The molecule has 0 aromatic heterocycles. The number of rotatable bonds is 9. The number of methoxy groups -OCH3 is 2. The first-order valence-corrected chi connectivity index (χ1v) is 8.09. The molecule has 0 atom stereocenters. The van der Waals surface area contributed by atoms with Gasteiger partial charge in [-0.2, -0.15) is 0 Å². The highest BCUT2D eigenvalue weighted by atomic mass is 19.2. The summed E-state index contributed by atoms with van der Waals surface area (Å²) in [7, 11) is 3.12. The van der Waals surface area contributed by atoms with Crippen LogP contribution in [0.1, 0.15) is 12.0 Å². The van der Waals surface area contributed by atoms with Crippen molar-refractivity contribution in [3.05, 3.63) is 53.6 Å². The second-order valence-electron chi connectivity index (χ2n) is 5.46. The Morgan fingerprint density at radius 3 is 2.46 bits per heavy atom. The molecule has 1 amide bonds. The van der Waals surface area contributed by atoms with E-state index in [9.17, 15) is 13.6 Å². The molecule has 0 saturated heterocycles. The van der Waals surface area contributed by atoms with Crippen LogP contribution in [0.25, 0.3) is 0 Å². The Kier molecular flexibility index (Phi) is 7.20. The van der Waals surface area contributed by atoms with Crippen molar-refractivity contribution in [1.29, 1.82) is 0 Å². The van der Waals surface area contributed by atoms with E-state index < -0.39 is 11.6 Å². The maximum Gasteiger partial charge on any atom is 0.220 e. The first-order chi connectivity index (χ1) is 12.5. The zero-order valence-corrected chi connectivity index (χ0v) is 14.7. The first-order valence-electron chi connectivity index (χ1n) is 8.09. The fraction of sp³-hybridized carbons (Fsp3) is 0.316. The Labute approximate surface area is 150 Å². The van der Waals surface area contributed by atoms with Gasteiger partial charge in [-0.25, -0.2) is 8.78 Å². The smallest absolute Gasteiger partial charge is 0.220 e.